The lowest BCUT2D eigenvalue weighted by atomic mass is 10.0. The molecule has 1 aromatic carbocycles. The van der Waals surface area contributed by atoms with Crippen LogP contribution in [0.2, 0.25) is 0 Å². The molecule has 2 rings (SSSR count). The van der Waals surface area contributed by atoms with Crippen molar-refractivity contribution in [3.63, 3.8) is 0 Å². The lowest BCUT2D eigenvalue weighted by Crippen LogP contribution is -1.98. The van der Waals surface area contributed by atoms with Gasteiger partial charge in [-0.2, -0.15) is 5.10 Å². The fourth-order valence-electron chi connectivity index (χ4n) is 1.47. The summed E-state index contributed by atoms with van der Waals surface area (Å²) in [6.45, 7) is 2.10. The van der Waals surface area contributed by atoms with Crippen LogP contribution < -0.4 is 5.73 Å². The highest BCUT2D eigenvalue weighted by Crippen LogP contribution is 2.11. The number of benzene rings is 1. The molecule has 0 fully saturated rings. The van der Waals surface area contributed by atoms with Gasteiger partial charge in [0.15, 0.2) is 0 Å². The highest BCUT2D eigenvalue weighted by molar-refractivity contribution is 5.31. The van der Waals surface area contributed by atoms with E-state index in [1.54, 1.807) is 6.07 Å². The molecule has 0 aliphatic heterocycles. The van der Waals surface area contributed by atoms with Crippen LogP contribution >= 0.6 is 0 Å². The Morgan fingerprint density at radius 2 is 1.87 bits per heavy atom. The van der Waals surface area contributed by atoms with Crippen LogP contribution in [0.1, 0.15) is 16.8 Å². The number of aromatic nitrogens is 2. The van der Waals surface area contributed by atoms with Crippen LogP contribution in [-0.4, -0.2) is 10.2 Å². The summed E-state index contributed by atoms with van der Waals surface area (Å²) in [6, 6.07) is 12.0. The average molecular weight is 199 g/mol. The van der Waals surface area contributed by atoms with Gasteiger partial charge in [0.2, 0.25) is 0 Å². The molecule has 0 saturated carbocycles. The van der Waals surface area contributed by atoms with Gasteiger partial charge < -0.3 is 5.73 Å². The molecule has 0 atom stereocenters. The number of hydrogen-bond donors (Lipinski definition) is 1. The highest BCUT2D eigenvalue weighted by atomic mass is 15.1. The Balaban J connectivity index is 2.22. The SMILES string of the molecule is Cc1ccccc1Cc1ccc(N)nn1. The minimum atomic E-state index is 0.462. The second kappa shape index (κ2) is 4.09. The summed E-state index contributed by atoms with van der Waals surface area (Å²) in [5.41, 5.74) is 8.97. The van der Waals surface area contributed by atoms with Crippen LogP contribution in [-0.2, 0) is 6.42 Å². The standard InChI is InChI=1S/C12H13N3/c1-9-4-2-3-5-10(9)8-11-6-7-12(13)15-14-11/h2-7H,8H2,1H3,(H2,13,15). The maximum Gasteiger partial charge on any atom is 0.146 e. The zero-order chi connectivity index (χ0) is 10.7. The van der Waals surface area contributed by atoms with E-state index in [-0.39, 0.29) is 0 Å². The molecule has 0 unspecified atom stereocenters. The molecular weight excluding hydrogens is 186 g/mol. The van der Waals surface area contributed by atoms with Crippen molar-refractivity contribution in [2.75, 3.05) is 5.73 Å². The third kappa shape index (κ3) is 2.31. The summed E-state index contributed by atoms with van der Waals surface area (Å²) in [4.78, 5) is 0. The van der Waals surface area contributed by atoms with E-state index in [0.29, 0.717) is 5.82 Å². The van der Waals surface area contributed by atoms with E-state index >= 15 is 0 Å². The van der Waals surface area contributed by atoms with Crippen LogP contribution in [0.15, 0.2) is 36.4 Å². The second-order valence-electron chi connectivity index (χ2n) is 3.55. The van der Waals surface area contributed by atoms with E-state index in [4.69, 9.17) is 5.73 Å². The largest absolute Gasteiger partial charge is 0.382 e. The number of rotatable bonds is 2. The molecule has 3 heteroatoms. The van der Waals surface area contributed by atoms with Gasteiger partial charge in [-0.3, -0.25) is 0 Å². The van der Waals surface area contributed by atoms with Gasteiger partial charge in [-0.25, -0.2) is 0 Å². The van der Waals surface area contributed by atoms with Gasteiger partial charge in [-0.1, -0.05) is 24.3 Å². The van der Waals surface area contributed by atoms with Crippen molar-refractivity contribution in [1.82, 2.24) is 10.2 Å². The number of aryl methyl sites for hydroxylation is 1. The van der Waals surface area contributed by atoms with Gasteiger partial charge in [0.05, 0.1) is 5.69 Å². The Kier molecular flexibility index (Phi) is 2.63. The summed E-state index contributed by atoms with van der Waals surface area (Å²) in [5.74, 6) is 0.462. The Labute approximate surface area is 89.0 Å². The number of nitrogens with two attached hydrogens (primary N) is 1. The Bertz CT molecular complexity index is 449. The number of anilines is 1. The Hall–Kier alpha value is -1.90. The first kappa shape index (κ1) is 9.65. The van der Waals surface area contributed by atoms with E-state index in [2.05, 4.69) is 29.3 Å². The zero-order valence-corrected chi connectivity index (χ0v) is 8.64. The lowest BCUT2D eigenvalue weighted by Gasteiger charge is -2.04. The minimum Gasteiger partial charge on any atom is -0.382 e. The van der Waals surface area contributed by atoms with Crippen molar-refractivity contribution >= 4 is 5.82 Å². The van der Waals surface area contributed by atoms with Crippen LogP contribution in [0.5, 0.6) is 0 Å². The minimum absolute atomic E-state index is 0.462. The first-order valence-electron chi connectivity index (χ1n) is 4.88. The monoisotopic (exact) mass is 199 g/mol. The molecule has 0 bridgehead atoms. The number of nitrogen functional groups attached to an aromatic ring is 1. The summed E-state index contributed by atoms with van der Waals surface area (Å²) in [7, 11) is 0. The molecule has 0 aliphatic rings. The van der Waals surface area contributed by atoms with Gasteiger partial charge in [-0.15, -0.1) is 5.10 Å². The lowest BCUT2D eigenvalue weighted by molar-refractivity contribution is 0.940. The van der Waals surface area contributed by atoms with Crippen molar-refractivity contribution in [2.24, 2.45) is 0 Å². The van der Waals surface area contributed by atoms with Crippen LogP contribution in [0.4, 0.5) is 5.82 Å². The van der Waals surface area contributed by atoms with Gasteiger partial charge in [0, 0.05) is 6.42 Å². The third-order valence-corrected chi connectivity index (χ3v) is 2.37. The molecule has 1 aromatic heterocycles. The van der Waals surface area contributed by atoms with Crippen LogP contribution in [0.3, 0.4) is 0 Å². The van der Waals surface area contributed by atoms with Crippen molar-refractivity contribution < 1.29 is 0 Å². The first-order chi connectivity index (χ1) is 7.25. The van der Waals surface area contributed by atoms with E-state index in [0.717, 1.165) is 12.1 Å². The molecule has 76 valence electrons. The molecule has 15 heavy (non-hydrogen) atoms. The predicted molar refractivity (Wildman–Crippen MR) is 60.4 cm³/mol. The molecule has 0 amide bonds. The maximum atomic E-state index is 5.48. The van der Waals surface area contributed by atoms with Gasteiger partial charge >= 0.3 is 0 Å². The van der Waals surface area contributed by atoms with Gasteiger partial charge in [0.25, 0.3) is 0 Å². The molecule has 2 N–H and O–H groups in total. The molecule has 1 heterocycles. The number of hydrogen-bond acceptors (Lipinski definition) is 3. The summed E-state index contributed by atoms with van der Waals surface area (Å²) in [5, 5.41) is 7.87. The second-order valence-corrected chi connectivity index (χ2v) is 3.55. The molecule has 2 aromatic rings. The van der Waals surface area contributed by atoms with Crippen molar-refractivity contribution in [3.05, 3.63) is 53.2 Å². The summed E-state index contributed by atoms with van der Waals surface area (Å²) < 4.78 is 0. The predicted octanol–water partition coefficient (Wildman–Crippen LogP) is 1.96. The third-order valence-electron chi connectivity index (χ3n) is 2.37. The van der Waals surface area contributed by atoms with E-state index in [9.17, 15) is 0 Å². The molecule has 0 radical (unpaired) electrons. The summed E-state index contributed by atoms with van der Waals surface area (Å²) in [6.07, 6.45) is 0.806. The highest BCUT2D eigenvalue weighted by Gasteiger charge is 2.00. The first-order valence-corrected chi connectivity index (χ1v) is 4.88. The molecule has 0 saturated heterocycles. The summed E-state index contributed by atoms with van der Waals surface area (Å²) >= 11 is 0. The van der Waals surface area contributed by atoms with Crippen molar-refractivity contribution in [1.29, 1.82) is 0 Å². The normalized spacial score (nSPS) is 10.2. The zero-order valence-electron chi connectivity index (χ0n) is 8.64. The molecule has 3 nitrogen and oxygen atoms in total. The Morgan fingerprint density at radius 1 is 1.07 bits per heavy atom. The maximum absolute atomic E-state index is 5.48. The van der Waals surface area contributed by atoms with Crippen molar-refractivity contribution in [3.8, 4) is 0 Å². The van der Waals surface area contributed by atoms with E-state index < -0.39 is 0 Å². The van der Waals surface area contributed by atoms with Crippen LogP contribution in [0, 0.1) is 6.92 Å². The smallest absolute Gasteiger partial charge is 0.146 e. The van der Waals surface area contributed by atoms with Gasteiger partial charge in [-0.05, 0) is 30.2 Å². The van der Waals surface area contributed by atoms with E-state index in [1.165, 1.54) is 11.1 Å². The molecule has 0 aliphatic carbocycles. The van der Waals surface area contributed by atoms with Crippen LogP contribution in [0.25, 0.3) is 0 Å². The Morgan fingerprint density at radius 3 is 2.53 bits per heavy atom. The van der Waals surface area contributed by atoms with Crippen molar-refractivity contribution in [2.45, 2.75) is 13.3 Å². The molecular formula is C12H13N3. The van der Waals surface area contributed by atoms with E-state index in [1.807, 2.05) is 18.2 Å². The topological polar surface area (TPSA) is 51.8 Å². The van der Waals surface area contributed by atoms with Gasteiger partial charge in [0.1, 0.15) is 5.82 Å². The number of nitrogens with zero attached hydrogens (tertiary/aromatic N) is 2. The average Bonchev–Trinajstić information content (AvgIpc) is 2.25. The fourth-order valence-corrected chi connectivity index (χ4v) is 1.47. The quantitative estimate of drug-likeness (QED) is 0.804. The fraction of sp³-hybridized carbons (Fsp3) is 0.167. The molecule has 0 spiro atoms.